The highest BCUT2D eigenvalue weighted by molar-refractivity contribution is 7.54. The molecule has 0 radical (unpaired) electrons. The molecule has 0 spiro atoms. The highest BCUT2D eigenvalue weighted by Gasteiger charge is 2.26. The molecule has 0 aromatic carbocycles. The molecule has 1 aromatic heterocycles. The average Bonchev–Trinajstić information content (AvgIpc) is 3.04. The number of aromatic nitrogens is 3. The minimum atomic E-state index is -3.51. The second-order valence-corrected chi connectivity index (χ2v) is 14.1. The van der Waals surface area contributed by atoms with E-state index in [1.165, 1.54) is 0 Å². The lowest BCUT2D eigenvalue weighted by Crippen LogP contribution is -2.55. The van der Waals surface area contributed by atoms with Crippen LogP contribution in [0.1, 0.15) is 53.9 Å². The number of hydrogen-bond acceptors (Lipinski definition) is 16. The first-order valence-corrected chi connectivity index (χ1v) is 19.5. The van der Waals surface area contributed by atoms with Crippen molar-refractivity contribution < 1.29 is 60.6 Å². The molecule has 0 atom stereocenters. The standard InChI is InChI=1S/C28H49N3O16P2/c1-6-40-17-11-23(32)41-18-14-29-26(35)30(15-19-42-24(33)12-21-48(38,44-7-2)45-8-3)28(37)31(27(29)36)16-20-43-25(34)13-22-49(39,46-9-4)47-10-5/h6-22H2,1-5H3. The molecular weight excluding hydrogens is 696 g/mol. The third-order valence-electron chi connectivity index (χ3n) is 6.26. The summed E-state index contributed by atoms with van der Waals surface area (Å²) >= 11 is 0. The predicted molar refractivity (Wildman–Crippen MR) is 174 cm³/mol. The fraction of sp³-hybridized carbons (Fsp3) is 0.786. The molecule has 0 aliphatic rings. The van der Waals surface area contributed by atoms with Crippen LogP contribution in [0.5, 0.6) is 0 Å². The maximum Gasteiger partial charge on any atom is 0.336 e. The van der Waals surface area contributed by atoms with Gasteiger partial charge in [-0.1, -0.05) is 0 Å². The van der Waals surface area contributed by atoms with Crippen molar-refractivity contribution in [2.45, 2.75) is 73.5 Å². The van der Waals surface area contributed by atoms with Gasteiger partial charge >= 0.3 is 50.2 Å². The summed E-state index contributed by atoms with van der Waals surface area (Å²) < 4.78 is 68.1. The normalized spacial score (nSPS) is 11.8. The summed E-state index contributed by atoms with van der Waals surface area (Å²) in [5.74, 6) is -2.23. The highest BCUT2D eigenvalue weighted by atomic mass is 31.2. The second kappa shape index (κ2) is 23.5. The van der Waals surface area contributed by atoms with Crippen molar-refractivity contribution in [3.05, 3.63) is 31.5 Å². The van der Waals surface area contributed by atoms with Gasteiger partial charge in [0.25, 0.3) is 0 Å². The molecule has 21 heteroatoms. The maximum absolute atomic E-state index is 13.2. The zero-order valence-corrected chi connectivity index (χ0v) is 30.6. The Morgan fingerprint density at radius 2 is 0.796 bits per heavy atom. The lowest BCUT2D eigenvalue weighted by Gasteiger charge is -2.17. The molecule has 0 amide bonds. The highest BCUT2D eigenvalue weighted by Crippen LogP contribution is 2.49. The number of rotatable bonds is 27. The van der Waals surface area contributed by atoms with Gasteiger partial charge in [-0.15, -0.1) is 0 Å². The quantitative estimate of drug-likeness (QED) is 0.0539. The zero-order valence-electron chi connectivity index (χ0n) is 28.8. The fourth-order valence-corrected chi connectivity index (χ4v) is 7.25. The topological polar surface area (TPSA) is 225 Å². The Morgan fingerprint density at radius 1 is 0.490 bits per heavy atom. The summed E-state index contributed by atoms with van der Waals surface area (Å²) in [6.07, 6.45) is -1.22. The van der Waals surface area contributed by atoms with E-state index < -0.39 is 83.0 Å². The van der Waals surface area contributed by atoms with Gasteiger partial charge in [-0.3, -0.25) is 23.5 Å². The van der Waals surface area contributed by atoms with Crippen LogP contribution in [0.25, 0.3) is 0 Å². The van der Waals surface area contributed by atoms with E-state index in [2.05, 4.69) is 0 Å². The Hall–Kier alpha value is -2.92. The first-order valence-electron chi connectivity index (χ1n) is 16.0. The molecule has 0 saturated heterocycles. The van der Waals surface area contributed by atoms with Gasteiger partial charge in [-0.2, -0.15) is 0 Å². The molecule has 0 unspecified atom stereocenters. The van der Waals surface area contributed by atoms with Crippen LogP contribution in [0.3, 0.4) is 0 Å². The zero-order chi connectivity index (χ0) is 36.9. The molecule has 1 heterocycles. The molecule has 0 saturated carbocycles. The molecule has 0 aliphatic heterocycles. The minimum absolute atomic E-state index is 0.0572. The van der Waals surface area contributed by atoms with Crippen molar-refractivity contribution in [3.8, 4) is 0 Å². The minimum Gasteiger partial charge on any atom is -0.464 e. The Balaban J connectivity index is 3.09. The van der Waals surface area contributed by atoms with Gasteiger partial charge in [0.1, 0.15) is 19.8 Å². The summed E-state index contributed by atoms with van der Waals surface area (Å²) in [6.45, 7) is 6.47. The number of hydrogen-bond donors (Lipinski definition) is 0. The van der Waals surface area contributed by atoms with E-state index in [-0.39, 0.29) is 71.2 Å². The van der Waals surface area contributed by atoms with Crippen molar-refractivity contribution in [2.75, 3.05) is 71.8 Å². The number of esters is 3. The van der Waals surface area contributed by atoms with Gasteiger partial charge in [0.2, 0.25) is 0 Å². The van der Waals surface area contributed by atoms with Gasteiger partial charge in [0.15, 0.2) is 0 Å². The molecule has 49 heavy (non-hydrogen) atoms. The molecule has 0 N–H and O–H groups in total. The molecule has 1 aromatic rings. The summed E-state index contributed by atoms with van der Waals surface area (Å²) in [5, 5.41) is 0. The van der Waals surface area contributed by atoms with Crippen LogP contribution in [-0.4, -0.2) is 103 Å². The Kier molecular flexibility index (Phi) is 21.1. The first kappa shape index (κ1) is 44.1. The van der Waals surface area contributed by atoms with Gasteiger partial charge < -0.3 is 37.0 Å². The van der Waals surface area contributed by atoms with E-state index in [9.17, 15) is 37.9 Å². The van der Waals surface area contributed by atoms with Crippen LogP contribution in [0, 0.1) is 0 Å². The largest absolute Gasteiger partial charge is 0.464 e. The van der Waals surface area contributed by atoms with Crippen LogP contribution in [-0.2, 0) is 80.2 Å². The van der Waals surface area contributed by atoms with Crippen LogP contribution < -0.4 is 17.1 Å². The van der Waals surface area contributed by atoms with Crippen LogP contribution in [0.2, 0.25) is 0 Å². The molecule has 0 bridgehead atoms. The first-order chi connectivity index (χ1) is 23.3. The van der Waals surface area contributed by atoms with E-state index >= 15 is 0 Å². The van der Waals surface area contributed by atoms with Crippen molar-refractivity contribution in [1.82, 2.24) is 13.7 Å². The Labute approximate surface area is 284 Å². The number of carbonyl (C=O) groups excluding carboxylic acids is 3. The smallest absolute Gasteiger partial charge is 0.336 e. The second-order valence-electron chi connectivity index (χ2n) is 9.75. The summed E-state index contributed by atoms with van der Waals surface area (Å²) in [4.78, 5) is 76.2. The van der Waals surface area contributed by atoms with E-state index in [1.807, 2.05) is 0 Å². The van der Waals surface area contributed by atoms with Gasteiger partial charge in [0.05, 0.1) is 84.3 Å². The van der Waals surface area contributed by atoms with Gasteiger partial charge in [-0.25, -0.2) is 28.1 Å². The van der Waals surface area contributed by atoms with Crippen LogP contribution in [0.15, 0.2) is 14.4 Å². The van der Waals surface area contributed by atoms with E-state index in [1.54, 1.807) is 34.6 Å². The molecular formula is C28H49N3O16P2. The van der Waals surface area contributed by atoms with Gasteiger partial charge in [-0.05, 0) is 34.6 Å². The lowest BCUT2D eigenvalue weighted by atomic mass is 10.4. The Bertz CT molecular complexity index is 1360. The van der Waals surface area contributed by atoms with Crippen LogP contribution >= 0.6 is 15.2 Å². The van der Waals surface area contributed by atoms with Crippen molar-refractivity contribution in [1.29, 1.82) is 0 Å². The average molecular weight is 746 g/mol. The van der Waals surface area contributed by atoms with E-state index in [0.29, 0.717) is 20.3 Å². The van der Waals surface area contributed by atoms with E-state index in [4.69, 9.17) is 37.0 Å². The molecule has 282 valence electrons. The number of nitrogens with zero attached hydrogens (tertiary/aromatic N) is 3. The summed E-state index contributed by atoms with van der Waals surface area (Å²) in [5.41, 5.74) is -3.21. The van der Waals surface area contributed by atoms with Crippen molar-refractivity contribution in [3.63, 3.8) is 0 Å². The summed E-state index contributed by atoms with van der Waals surface area (Å²) in [7, 11) is -7.03. The lowest BCUT2D eigenvalue weighted by molar-refractivity contribution is -0.145. The molecule has 19 nitrogen and oxygen atoms in total. The third-order valence-corrected chi connectivity index (χ3v) is 10.4. The van der Waals surface area contributed by atoms with Crippen molar-refractivity contribution >= 4 is 33.1 Å². The summed E-state index contributed by atoms with van der Waals surface area (Å²) in [6, 6.07) is 0. The monoisotopic (exact) mass is 745 g/mol. The number of carbonyl (C=O) groups is 3. The maximum atomic E-state index is 13.2. The fourth-order valence-electron chi connectivity index (χ4n) is 4.10. The number of ether oxygens (including phenoxy) is 4. The predicted octanol–water partition coefficient (Wildman–Crippen LogP) is 1.54. The third kappa shape index (κ3) is 16.1. The van der Waals surface area contributed by atoms with Gasteiger partial charge in [0, 0.05) is 6.61 Å². The van der Waals surface area contributed by atoms with Crippen LogP contribution in [0.4, 0.5) is 0 Å². The van der Waals surface area contributed by atoms with E-state index in [0.717, 1.165) is 0 Å². The molecule has 1 rings (SSSR count). The molecule has 0 fully saturated rings. The molecule has 0 aliphatic carbocycles. The van der Waals surface area contributed by atoms with Crippen molar-refractivity contribution in [2.24, 2.45) is 0 Å². The SMILES string of the molecule is CCOCCC(=O)OCCn1c(=O)n(CCOC(=O)CCP(=O)(OCC)OCC)c(=O)n(CCOC(=O)CCP(=O)(OCC)OCC)c1=O. The Morgan fingerprint density at radius 3 is 1.08 bits per heavy atom.